The van der Waals surface area contributed by atoms with E-state index < -0.39 is 11.9 Å². The molecule has 0 saturated heterocycles. The van der Waals surface area contributed by atoms with Gasteiger partial charge in [-0.2, -0.15) is 4.68 Å². The van der Waals surface area contributed by atoms with E-state index in [1.54, 1.807) is 44.4 Å². The fourth-order valence-electron chi connectivity index (χ4n) is 2.66. The summed E-state index contributed by atoms with van der Waals surface area (Å²) in [6.45, 7) is 1.59. The van der Waals surface area contributed by atoms with Crippen molar-refractivity contribution in [1.29, 1.82) is 0 Å². The number of carbonyl (C=O) groups excluding carboxylic acids is 1. The van der Waals surface area contributed by atoms with Crippen molar-refractivity contribution in [3.63, 3.8) is 0 Å². The summed E-state index contributed by atoms with van der Waals surface area (Å²) >= 11 is 1.33. The number of aromatic nitrogens is 4. The highest BCUT2D eigenvalue weighted by molar-refractivity contribution is 7.22. The second-order valence-electron chi connectivity index (χ2n) is 5.87. The van der Waals surface area contributed by atoms with Gasteiger partial charge in [-0.05, 0) is 37.3 Å². The zero-order chi connectivity index (χ0) is 19.0. The van der Waals surface area contributed by atoms with Crippen LogP contribution in [0.2, 0.25) is 0 Å². The Bertz CT molecular complexity index is 1220. The van der Waals surface area contributed by atoms with E-state index in [0.717, 1.165) is 20.6 Å². The minimum absolute atomic E-state index is 0.364. The zero-order valence-corrected chi connectivity index (χ0v) is 15.4. The summed E-state index contributed by atoms with van der Waals surface area (Å²) in [6, 6.07) is 11.5. The Morgan fingerprint density at radius 2 is 2.04 bits per heavy atom. The molecule has 2 aromatic carbocycles. The first-order chi connectivity index (χ1) is 13.1. The van der Waals surface area contributed by atoms with Gasteiger partial charge in [0.05, 0.1) is 22.7 Å². The highest BCUT2D eigenvalue weighted by Crippen LogP contribution is 2.29. The maximum atomic E-state index is 12.6. The second kappa shape index (κ2) is 6.76. The molecule has 0 saturated carbocycles. The van der Waals surface area contributed by atoms with E-state index in [9.17, 15) is 9.59 Å². The second-order valence-corrected chi connectivity index (χ2v) is 6.90. The van der Waals surface area contributed by atoms with Crippen molar-refractivity contribution in [2.75, 3.05) is 12.4 Å². The van der Waals surface area contributed by atoms with Crippen molar-refractivity contribution in [3.05, 3.63) is 52.8 Å². The molecule has 0 radical (unpaired) electrons. The fraction of sp³-hybridized carbons (Fsp3) is 0.167. The number of nitrogens with zero attached hydrogens (tertiary/aromatic N) is 4. The molecule has 0 spiro atoms. The van der Waals surface area contributed by atoms with Gasteiger partial charge in [0.1, 0.15) is 17.3 Å². The molecular weight excluding hydrogens is 366 g/mol. The van der Waals surface area contributed by atoms with Crippen molar-refractivity contribution in [3.8, 4) is 5.75 Å². The van der Waals surface area contributed by atoms with Crippen LogP contribution in [0.25, 0.3) is 21.1 Å². The maximum absolute atomic E-state index is 12.6. The van der Waals surface area contributed by atoms with Crippen LogP contribution in [-0.4, -0.2) is 33.0 Å². The molecule has 8 nitrogen and oxygen atoms in total. The average Bonchev–Trinajstić information content (AvgIpc) is 3.09. The lowest BCUT2D eigenvalue weighted by Crippen LogP contribution is -2.34. The van der Waals surface area contributed by atoms with Crippen LogP contribution >= 0.6 is 11.3 Å². The van der Waals surface area contributed by atoms with Crippen LogP contribution in [0.5, 0.6) is 5.75 Å². The number of hydrogen-bond acceptors (Lipinski definition) is 7. The largest absolute Gasteiger partial charge is 0.497 e. The maximum Gasteiger partial charge on any atom is 0.278 e. The summed E-state index contributed by atoms with van der Waals surface area (Å²) in [6.07, 6.45) is 0. The molecular formula is C18H15N5O3S. The van der Waals surface area contributed by atoms with Crippen LogP contribution in [0.3, 0.4) is 0 Å². The highest BCUT2D eigenvalue weighted by Gasteiger charge is 2.20. The first kappa shape index (κ1) is 17.1. The van der Waals surface area contributed by atoms with Gasteiger partial charge in [-0.25, -0.2) is 4.98 Å². The van der Waals surface area contributed by atoms with Crippen molar-refractivity contribution >= 4 is 43.5 Å². The van der Waals surface area contributed by atoms with Crippen LogP contribution < -0.4 is 15.6 Å². The number of benzene rings is 2. The predicted octanol–water partition coefficient (Wildman–Crippen LogP) is 2.61. The van der Waals surface area contributed by atoms with Gasteiger partial charge in [-0.1, -0.05) is 28.7 Å². The number of hydrogen-bond donors (Lipinski definition) is 1. The fourth-order valence-corrected chi connectivity index (χ4v) is 3.56. The number of carbonyl (C=O) groups is 1. The van der Waals surface area contributed by atoms with Crippen LogP contribution in [-0.2, 0) is 4.79 Å². The van der Waals surface area contributed by atoms with Gasteiger partial charge in [0.15, 0.2) is 5.13 Å². The summed E-state index contributed by atoms with van der Waals surface area (Å²) in [7, 11) is 1.59. The van der Waals surface area contributed by atoms with Crippen molar-refractivity contribution < 1.29 is 9.53 Å². The van der Waals surface area contributed by atoms with Gasteiger partial charge in [0.25, 0.3) is 11.5 Å². The number of thiazole rings is 1. The summed E-state index contributed by atoms with van der Waals surface area (Å²) in [5, 5.41) is 11.5. The van der Waals surface area contributed by atoms with Crippen molar-refractivity contribution in [2.24, 2.45) is 0 Å². The molecule has 1 N–H and O–H groups in total. The molecule has 1 amide bonds. The Morgan fingerprint density at radius 1 is 1.22 bits per heavy atom. The lowest BCUT2D eigenvalue weighted by Gasteiger charge is -2.12. The first-order valence-corrected chi connectivity index (χ1v) is 8.98. The Labute approximate surface area is 157 Å². The molecule has 1 unspecified atom stereocenters. The third-order valence-electron chi connectivity index (χ3n) is 4.16. The molecule has 0 fully saturated rings. The molecule has 0 bridgehead atoms. The van der Waals surface area contributed by atoms with Gasteiger partial charge in [-0.3, -0.25) is 9.59 Å². The first-order valence-electron chi connectivity index (χ1n) is 8.16. The highest BCUT2D eigenvalue weighted by atomic mass is 32.1. The van der Waals surface area contributed by atoms with Crippen molar-refractivity contribution in [1.82, 2.24) is 20.0 Å². The normalized spacial score (nSPS) is 12.2. The van der Waals surface area contributed by atoms with Gasteiger partial charge in [0, 0.05) is 0 Å². The number of rotatable bonds is 4. The van der Waals surface area contributed by atoms with E-state index in [-0.39, 0.29) is 5.56 Å². The molecule has 9 heteroatoms. The SMILES string of the molecule is COc1ccc2nc(NC(=O)C(C)n3nnc4ccccc4c3=O)sc2c1. The minimum Gasteiger partial charge on any atom is -0.497 e. The number of fused-ring (bicyclic) bond motifs is 2. The molecule has 0 aliphatic rings. The predicted molar refractivity (Wildman–Crippen MR) is 103 cm³/mol. The summed E-state index contributed by atoms with van der Waals surface area (Å²) in [4.78, 5) is 29.6. The number of methoxy groups -OCH3 is 1. The van der Waals surface area contributed by atoms with E-state index in [0.29, 0.717) is 16.0 Å². The molecule has 4 aromatic rings. The van der Waals surface area contributed by atoms with E-state index in [4.69, 9.17) is 4.74 Å². The van der Waals surface area contributed by atoms with Crippen LogP contribution in [0.1, 0.15) is 13.0 Å². The van der Waals surface area contributed by atoms with Crippen molar-refractivity contribution in [2.45, 2.75) is 13.0 Å². The van der Waals surface area contributed by atoms with Gasteiger partial charge < -0.3 is 10.1 Å². The summed E-state index contributed by atoms with van der Waals surface area (Å²) in [5.74, 6) is 0.322. The van der Waals surface area contributed by atoms with Gasteiger partial charge in [-0.15, -0.1) is 5.10 Å². The number of nitrogens with one attached hydrogen (secondary N) is 1. The Kier molecular flexibility index (Phi) is 4.28. The number of ether oxygens (including phenoxy) is 1. The summed E-state index contributed by atoms with van der Waals surface area (Å²) < 4.78 is 7.16. The smallest absolute Gasteiger partial charge is 0.278 e. The number of anilines is 1. The van der Waals surface area contributed by atoms with Crippen LogP contribution in [0.4, 0.5) is 5.13 Å². The quantitative estimate of drug-likeness (QED) is 0.583. The minimum atomic E-state index is -0.837. The lowest BCUT2D eigenvalue weighted by molar-refractivity contribution is -0.119. The number of amides is 1. The molecule has 0 aliphatic heterocycles. The average molecular weight is 381 g/mol. The van der Waals surface area contributed by atoms with Gasteiger partial charge >= 0.3 is 0 Å². The van der Waals surface area contributed by atoms with E-state index in [2.05, 4.69) is 20.6 Å². The van der Waals surface area contributed by atoms with Gasteiger partial charge in [0.2, 0.25) is 0 Å². The molecule has 1 atom stereocenters. The lowest BCUT2D eigenvalue weighted by atomic mass is 10.2. The topological polar surface area (TPSA) is 99.0 Å². The third kappa shape index (κ3) is 3.13. The van der Waals surface area contributed by atoms with E-state index in [1.807, 2.05) is 12.1 Å². The molecule has 0 aliphatic carbocycles. The standard InChI is InChI=1S/C18H15N5O3S/c1-10(23-17(25)12-5-3-4-6-13(12)21-22-23)16(24)20-18-19-14-8-7-11(26-2)9-15(14)27-18/h3-10H,1-2H3,(H,19,20,24). The molecule has 27 heavy (non-hydrogen) atoms. The van der Waals surface area contributed by atoms with Crippen LogP contribution in [0, 0.1) is 0 Å². The van der Waals surface area contributed by atoms with E-state index in [1.165, 1.54) is 11.3 Å². The molecule has 2 heterocycles. The third-order valence-corrected chi connectivity index (χ3v) is 5.10. The summed E-state index contributed by atoms with van der Waals surface area (Å²) in [5.41, 5.74) is 0.884. The monoisotopic (exact) mass is 381 g/mol. The zero-order valence-electron chi connectivity index (χ0n) is 14.5. The van der Waals surface area contributed by atoms with Crippen LogP contribution in [0.15, 0.2) is 47.3 Å². The Morgan fingerprint density at radius 3 is 2.85 bits per heavy atom. The Hall–Kier alpha value is -3.33. The van der Waals surface area contributed by atoms with E-state index >= 15 is 0 Å². The molecule has 2 aromatic heterocycles. The Balaban J connectivity index is 1.61. The molecule has 4 rings (SSSR count). The molecule has 136 valence electrons.